The van der Waals surface area contributed by atoms with Gasteiger partial charge < -0.3 is 20.1 Å². The number of amides is 2. The maximum absolute atomic E-state index is 12.5. The average molecular weight is 398 g/mol. The molecular weight excluding hydrogens is 372 g/mol. The summed E-state index contributed by atoms with van der Waals surface area (Å²) in [6, 6.07) is 17.3. The zero-order valence-corrected chi connectivity index (χ0v) is 16.6. The van der Waals surface area contributed by atoms with Crippen LogP contribution in [-0.2, 0) is 19.1 Å². The minimum absolute atomic E-state index is 0.0989. The number of nitrogens with one attached hydrogen (secondary N) is 2. The molecule has 0 fully saturated rings. The van der Waals surface area contributed by atoms with Crippen molar-refractivity contribution in [2.75, 3.05) is 20.3 Å². The Morgan fingerprint density at radius 1 is 0.966 bits per heavy atom. The van der Waals surface area contributed by atoms with E-state index < -0.39 is 24.0 Å². The molecular formula is C22H26N2O5. The molecule has 0 unspecified atom stereocenters. The van der Waals surface area contributed by atoms with Gasteiger partial charge in [0.05, 0.1) is 19.1 Å². The zero-order valence-electron chi connectivity index (χ0n) is 16.6. The normalized spacial score (nSPS) is 12.5. The van der Waals surface area contributed by atoms with Crippen molar-refractivity contribution in [1.82, 2.24) is 10.6 Å². The molecule has 2 rings (SSSR count). The van der Waals surface area contributed by atoms with Crippen molar-refractivity contribution < 1.29 is 23.9 Å². The Morgan fingerprint density at radius 2 is 1.59 bits per heavy atom. The number of methoxy groups -OCH3 is 1. The summed E-state index contributed by atoms with van der Waals surface area (Å²) in [4.78, 5) is 36.9. The molecule has 7 nitrogen and oxygen atoms in total. The summed E-state index contributed by atoms with van der Waals surface area (Å²) in [5.74, 6) is -1.28. The third-order valence-electron chi connectivity index (χ3n) is 4.20. The number of rotatable bonds is 10. The van der Waals surface area contributed by atoms with E-state index in [2.05, 4.69) is 10.6 Å². The number of esters is 1. The van der Waals surface area contributed by atoms with Gasteiger partial charge >= 0.3 is 5.97 Å². The van der Waals surface area contributed by atoms with E-state index in [0.717, 1.165) is 5.56 Å². The molecule has 2 atom stereocenters. The van der Waals surface area contributed by atoms with Crippen LogP contribution in [0.15, 0.2) is 60.7 Å². The third-order valence-corrected chi connectivity index (χ3v) is 4.20. The van der Waals surface area contributed by atoms with Crippen molar-refractivity contribution in [3.05, 3.63) is 71.8 Å². The lowest BCUT2D eigenvalue weighted by Gasteiger charge is -2.20. The number of benzene rings is 2. The lowest BCUT2D eigenvalue weighted by Crippen LogP contribution is -2.38. The maximum Gasteiger partial charge on any atom is 0.309 e. The molecule has 29 heavy (non-hydrogen) atoms. The van der Waals surface area contributed by atoms with Crippen molar-refractivity contribution in [2.24, 2.45) is 0 Å². The molecule has 0 saturated carbocycles. The number of hydrogen-bond donors (Lipinski definition) is 2. The van der Waals surface area contributed by atoms with Crippen LogP contribution in [-0.4, -0.2) is 44.1 Å². The smallest absolute Gasteiger partial charge is 0.309 e. The first kappa shape index (κ1) is 22.1. The molecule has 0 aliphatic carbocycles. The van der Waals surface area contributed by atoms with Crippen LogP contribution in [0.5, 0.6) is 0 Å². The Kier molecular flexibility index (Phi) is 8.85. The van der Waals surface area contributed by atoms with Gasteiger partial charge in [-0.2, -0.15) is 0 Å². The van der Waals surface area contributed by atoms with Crippen molar-refractivity contribution in [3.8, 4) is 0 Å². The van der Waals surface area contributed by atoms with E-state index in [1.165, 1.54) is 14.0 Å². The summed E-state index contributed by atoms with van der Waals surface area (Å²) in [6.07, 6.45) is -1.04. The molecule has 0 aliphatic heterocycles. The van der Waals surface area contributed by atoms with E-state index >= 15 is 0 Å². The van der Waals surface area contributed by atoms with Crippen molar-refractivity contribution in [1.29, 1.82) is 0 Å². The average Bonchev–Trinajstić information content (AvgIpc) is 2.74. The van der Waals surface area contributed by atoms with Crippen LogP contribution in [0.1, 0.15) is 35.3 Å². The predicted octanol–water partition coefficient (Wildman–Crippen LogP) is 2.24. The number of carbonyl (C=O) groups is 3. The van der Waals surface area contributed by atoms with Gasteiger partial charge in [0.1, 0.15) is 0 Å². The summed E-state index contributed by atoms with van der Waals surface area (Å²) in [5.41, 5.74) is 1.26. The lowest BCUT2D eigenvalue weighted by atomic mass is 10.0. The molecule has 0 heterocycles. The van der Waals surface area contributed by atoms with E-state index in [-0.39, 0.29) is 12.3 Å². The molecule has 0 aromatic heterocycles. The Balaban J connectivity index is 2.01. The van der Waals surface area contributed by atoms with Crippen LogP contribution in [0.2, 0.25) is 0 Å². The first-order chi connectivity index (χ1) is 14.0. The Morgan fingerprint density at radius 3 is 2.21 bits per heavy atom. The fraction of sp³-hybridized carbons (Fsp3) is 0.318. The van der Waals surface area contributed by atoms with Crippen molar-refractivity contribution >= 4 is 17.8 Å². The van der Waals surface area contributed by atoms with Gasteiger partial charge in [-0.05, 0) is 24.6 Å². The highest BCUT2D eigenvalue weighted by molar-refractivity contribution is 5.94. The van der Waals surface area contributed by atoms with Crippen LogP contribution < -0.4 is 10.6 Å². The van der Waals surface area contributed by atoms with E-state index in [1.807, 2.05) is 36.4 Å². The van der Waals surface area contributed by atoms with Gasteiger partial charge in [-0.25, -0.2) is 0 Å². The molecule has 2 N–H and O–H groups in total. The molecule has 2 aromatic rings. The van der Waals surface area contributed by atoms with Crippen molar-refractivity contribution in [3.63, 3.8) is 0 Å². The van der Waals surface area contributed by atoms with E-state index in [9.17, 15) is 14.4 Å². The topological polar surface area (TPSA) is 93.7 Å². The van der Waals surface area contributed by atoms with Gasteiger partial charge in [0.25, 0.3) is 11.8 Å². The van der Waals surface area contributed by atoms with Gasteiger partial charge in [0.15, 0.2) is 6.10 Å². The minimum atomic E-state index is -0.944. The van der Waals surface area contributed by atoms with Gasteiger partial charge in [-0.15, -0.1) is 0 Å². The van der Waals surface area contributed by atoms with Gasteiger partial charge in [-0.1, -0.05) is 48.5 Å². The summed E-state index contributed by atoms with van der Waals surface area (Å²) in [6.45, 7) is 2.20. The SMILES string of the molecule is COCCNC(=O)[C@H](C)OC(=O)C[C@H](NC(=O)c1ccccc1)c1ccccc1. The molecule has 0 bridgehead atoms. The molecule has 0 spiro atoms. The van der Waals surface area contributed by atoms with Crippen LogP contribution in [0.3, 0.4) is 0 Å². The highest BCUT2D eigenvalue weighted by Crippen LogP contribution is 2.18. The van der Waals surface area contributed by atoms with Crippen LogP contribution in [0.25, 0.3) is 0 Å². The quantitative estimate of drug-likeness (QED) is 0.473. The highest BCUT2D eigenvalue weighted by Gasteiger charge is 2.23. The summed E-state index contributed by atoms with van der Waals surface area (Å²) >= 11 is 0. The fourth-order valence-electron chi connectivity index (χ4n) is 2.65. The number of ether oxygens (including phenoxy) is 2. The second-order valence-electron chi connectivity index (χ2n) is 6.42. The van der Waals surface area contributed by atoms with Gasteiger partial charge in [0.2, 0.25) is 0 Å². The predicted molar refractivity (Wildman–Crippen MR) is 108 cm³/mol. The largest absolute Gasteiger partial charge is 0.452 e. The number of carbonyl (C=O) groups excluding carboxylic acids is 3. The Bertz CT molecular complexity index is 795. The summed E-state index contributed by atoms with van der Waals surface area (Å²) in [5, 5.41) is 5.48. The Hall–Kier alpha value is -3.19. The monoisotopic (exact) mass is 398 g/mol. The molecule has 154 valence electrons. The standard InChI is InChI=1S/C22H26N2O5/c1-16(21(26)23-13-14-28-2)29-20(25)15-19(17-9-5-3-6-10-17)24-22(27)18-11-7-4-8-12-18/h3-12,16,19H,13-15H2,1-2H3,(H,23,26)(H,24,27)/t16-,19-/m0/s1. The molecule has 0 radical (unpaired) electrons. The molecule has 0 saturated heterocycles. The first-order valence-corrected chi connectivity index (χ1v) is 9.38. The second-order valence-corrected chi connectivity index (χ2v) is 6.42. The number of hydrogen-bond acceptors (Lipinski definition) is 5. The Labute approximate surface area is 170 Å². The third kappa shape index (κ3) is 7.38. The van der Waals surface area contributed by atoms with Crippen LogP contribution >= 0.6 is 0 Å². The molecule has 2 aromatic carbocycles. The van der Waals surface area contributed by atoms with E-state index in [4.69, 9.17) is 9.47 Å². The van der Waals surface area contributed by atoms with E-state index in [1.54, 1.807) is 24.3 Å². The fourth-order valence-corrected chi connectivity index (χ4v) is 2.65. The van der Waals surface area contributed by atoms with Crippen LogP contribution in [0, 0.1) is 0 Å². The van der Waals surface area contributed by atoms with Gasteiger partial charge in [0, 0.05) is 19.2 Å². The molecule has 0 aliphatic rings. The first-order valence-electron chi connectivity index (χ1n) is 9.38. The van der Waals surface area contributed by atoms with E-state index in [0.29, 0.717) is 18.7 Å². The summed E-state index contributed by atoms with van der Waals surface area (Å²) < 4.78 is 10.1. The minimum Gasteiger partial charge on any atom is -0.452 e. The second kappa shape index (κ2) is 11.6. The molecule has 2 amide bonds. The van der Waals surface area contributed by atoms with Crippen molar-refractivity contribution in [2.45, 2.75) is 25.5 Å². The van der Waals surface area contributed by atoms with Gasteiger partial charge in [-0.3, -0.25) is 14.4 Å². The summed E-state index contributed by atoms with van der Waals surface area (Å²) in [7, 11) is 1.53. The zero-order chi connectivity index (χ0) is 21.1. The highest BCUT2D eigenvalue weighted by atomic mass is 16.5. The lowest BCUT2D eigenvalue weighted by molar-refractivity contribution is -0.155. The maximum atomic E-state index is 12.5. The van der Waals surface area contributed by atoms with Crippen LogP contribution in [0.4, 0.5) is 0 Å². The molecule has 7 heteroatoms.